The second-order valence-corrected chi connectivity index (χ2v) is 5.75. The molecule has 0 atom stereocenters. The van der Waals surface area contributed by atoms with Crippen molar-refractivity contribution in [2.75, 3.05) is 5.32 Å². The third-order valence-electron chi connectivity index (χ3n) is 3.06. The average molecular weight is 294 g/mol. The van der Waals surface area contributed by atoms with Crippen molar-refractivity contribution in [2.24, 2.45) is 0 Å². The second-order valence-electron chi connectivity index (χ2n) is 4.72. The Hall–Kier alpha value is -2.46. The topological polar surface area (TPSA) is 42.0 Å². The van der Waals surface area contributed by atoms with Gasteiger partial charge in [-0.05, 0) is 24.6 Å². The highest BCUT2D eigenvalue weighted by Crippen LogP contribution is 2.28. The number of aromatic nitrogens is 1. The maximum absolute atomic E-state index is 12.2. The third kappa shape index (κ3) is 3.17. The first kappa shape index (κ1) is 13.5. The summed E-state index contributed by atoms with van der Waals surface area (Å²) in [6.07, 6.45) is 1.78. The fourth-order valence-electron chi connectivity index (χ4n) is 2.02. The van der Waals surface area contributed by atoms with Gasteiger partial charge in [0.05, 0.1) is 4.88 Å². The van der Waals surface area contributed by atoms with Crippen molar-refractivity contribution in [2.45, 2.75) is 6.92 Å². The summed E-state index contributed by atoms with van der Waals surface area (Å²) >= 11 is 1.47. The molecule has 3 nitrogen and oxygen atoms in total. The molecule has 1 amide bonds. The van der Waals surface area contributed by atoms with Gasteiger partial charge in [0.1, 0.15) is 0 Å². The number of aryl methyl sites for hydroxylation is 1. The minimum Gasteiger partial charge on any atom is -0.298 e. The fourth-order valence-corrected chi connectivity index (χ4v) is 2.84. The van der Waals surface area contributed by atoms with Crippen LogP contribution in [-0.4, -0.2) is 10.9 Å². The minimum absolute atomic E-state index is 0.132. The van der Waals surface area contributed by atoms with Crippen molar-refractivity contribution in [1.82, 2.24) is 4.98 Å². The zero-order chi connectivity index (χ0) is 14.7. The molecular formula is C17H14N2OS. The van der Waals surface area contributed by atoms with E-state index in [2.05, 4.69) is 10.3 Å². The van der Waals surface area contributed by atoms with Crippen LogP contribution < -0.4 is 5.32 Å². The van der Waals surface area contributed by atoms with Crippen LogP contribution in [0.1, 0.15) is 15.9 Å². The lowest BCUT2D eigenvalue weighted by atomic mass is 10.1. The van der Waals surface area contributed by atoms with E-state index >= 15 is 0 Å². The molecule has 21 heavy (non-hydrogen) atoms. The quantitative estimate of drug-likeness (QED) is 0.779. The lowest BCUT2D eigenvalue weighted by Crippen LogP contribution is -2.11. The average Bonchev–Trinajstić information content (AvgIpc) is 2.97. The summed E-state index contributed by atoms with van der Waals surface area (Å²) < 4.78 is 0. The van der Waals surface area contributed by atoms with Crippen LogP contribution in [0.25, 0.3) is 10.4 Å². The zero-order valence-corrected chi connectivity index (χ0v) is 12.4. The van der Waals surface area contributed by atoms with E-state index in [1.54, 1.807) is 12.3 Å². The molecule has 4 heteroatoms. The summed E-state index contributed by atoms with van der Waals surface area (Å²) in [5.74, 6) is -0.132. The number of nitrogens with zero attached hydrogens (tertiary/aromatic N) is 1. The van der Waals surface area contributed by atoms with Gasteiger partial charge >= 0.3 is 0 Å². The summed E-state index contributed by atoms with van der Waals surface area (Å²) in [6, 6.07) is 17.5. The van der Waals surface area contributed by atoms with E-state index in [0.29, 0.717) is 10.7 Å². The minimum atomic E-state index is -0.132. The lowest BCUT2D eigenvalue weighted by Gasteiger charge is -2.02. The highest BCUT2D eigenvalue weighted by molar-refractivity contribution is 7.19. The Labute approximate surface area is 127 Å². The molecule has 0 saturated carbocycles. The molecule has 1 N–H and O–H groups in total. The molecule has 2 aromatic carbocycles. The summed E-state index contributed by atoms with van der Waals surface area (Å²) in [6.45, 7) is 1.97. The highest BCUT2D eigenvalue weighted by atomic mass is 32.1. The van der Waals surface area contributed by atoms with Gasteiger partial charge in [-0.2, -0.15) is 0 Å². The molecule has 0 unspecified atom stereocenters. The number of hydrogen-bond donors (Lipinski definition) is 1. The predicted molar refractivity (Wildman–Crippen MR) is 86.7 cm³/mol. The summed E-state index contributed by atoms with van der Waals surface area (Å²) in [7, 11) is 0. The van der Waals surface area contributed by atoms with Gasteiger partial charge in [0.25, 0.3) is 5.91 Å². The normalized spacial score (nSPS) is 10.3. The molecule has 0 fully saturated rings. The van der Waals surface area contributed by atoms with Gasteiger partial charge in [-0.25, -0.2) is 4.98 Å². The van der Waals surface area contributed by atoms with Gasteiger partial charge < -0.3 is 0 Å². The highest BCUT2D eigenvalue weighted by Gasteiger charge is 2.09. The van der Waals surface area contributed by atoms with Gasteiger partial charge in [-0.15, -0.1) is 0 Å². The smallest absolute Gasteiger partial charge is 0.257 e. The Morgan fingerprint density at radius 3 is 2.67 bits per heavy atom. The molecule has 0 aliphatic heterocycles. The van der Waals surface area contributed by atoms with Gasteiger partial charge in [0, 0.05) is 11.8 Å². The van der Waals surface area contributed by atoms with E-state index in [0.717, 1.165) is 16.0 Å². The summed E-state index contributed by atoms with van der Waals surface area (Å²) in [4.78, 5) is 17.5. The van der Waals surface area contributed by atoms with Crippen molar-refractivity contribution in [3.63, 3.8) is 0 Å². The van der Waals surface area contributed by atoms with Crippen LogP contribution in [0.4, 0.5) is 5.13 Å². The first-order valence-electron chi connectivity index (χ1n) is 6.61. The maximum Gasteiger partial charge on any atom is 0.257 e. The molecule has 1 aromatic heterocycles. The largest absolute Gasteiger partial charge is 0.298 e. The number of benzene rings is 2. The summed E-state index contributed by atoms with van der Waals surface area (Å²) in [5, 5.41) is 3.46. The monoisotopic (exact) mass is 294 g/mol. The molecular weight excluding hydrogens is 280 g/mol. The van der Waals surface area contributed by atoms with Crippen molar-refractivity contribution in [3.8, 4) is 10.4 Å². The van der Waals surface area contributed by atoms with Crippen LogP contribution in [0.3, 0.4) is 0 Å². The Bertz CT molecular complexity index is 765. The molecule has 0 aliphatic carbocycles. The molecule has 3 aromatic rings. The van der Waals surface area contributed by atoms with Crippen molar-refractivity contribution < 1.29 is 4.79 Å². The van der Waals surface area contributed by atoms with Gasteiger partial charge in [-0.3, -0.25) is 10.1 Å². The molecule has 0 radical (unpaired) electrons. The van der Waals surface area contributed by atoms with E-state index in [9.17, 15) is 4.79 Å². The molecule has 0 saturated heterocycles. The second kappa shape index (κ2) is 5.89. The van der Waals surface area contributed by atoms with Crippen LogP contribution in [0.15, 0.2) is 60.8 Å². The number of thiazole rings is 1. The van der Waals surface area contributed by atoms with Gasteiger partial charge in [0.2, 0.25) is 0 Å². The van der Waals surface area contributed by atoms with Crippen molar-refractivity contribution in [1.29, 1.82) is 0 Å². The Kier molecular flexibility index (Phi) is 3.79. The molecule has 0 spiro atoms. The van der Waals surface area contributed by atoms with Crippen LogP contribution in [0.5, 0.6) is 0 Å². The number of hydrogen-bond acceptors (Lipinski definition) is 3. The predicted octanol–water partition coefficient (Wildman–Crippen LogP) is 4.37. The van der Waals surface area contributed by atoms with E-state index < -0.39 is 0 Å². The zero-order valence-electron chi connectivity index (χ0n) is 11.5. The summed E-state index contributed by atoms with van der Waals surface area (Å²) in [5.41, 5.74) is 2.81. The van der Waals surface area contributed by atoms with Gasteiger partial charge in [-0.1, -0.05) is 59.4 Å². The number of carbonyl (C=O) groups excluding carboxylic acids is 1. The van der Waals surface area contributed by atoms with Crippen LogP contribution in [0, 0.1) is 6.92 Å². The van der Waals surface area contributed by atoms with Gasteiger partial charge in [0.15, 0.2) is 5.13 Å². The Morgan fingerprint density at radius 1 is 1.10 bits per heavy atom. The van der Waals surface area contributed by atoms with Crippen molar-refractivity contribution in [3.05, 3.63) is 71.9 Å². The van der Waals surface area contributed by atoms with Crippen molar-refractivity contribution >= 4 is 22.4 Å². The standard InChI is InChI=1S/C17H14N2OS/c1-12-6-5-9-14(10-12)16(20)19-17-18-11-15(21-17)13-7-3-2-4-8-13/h2-11H,1H3,(H,18,19,20). The molecule has 1 heterocycles. The fraction of sp³-hybridized carbons (Fsp3) is 0.0588. The third-order valence-corrected chi connectivity index (χ3v) is 4.03. The van der Waals surface area contributed by atoms with Crippen LogP contribution >= 0.6 is 11.3 Å². The molecule has 104 valence electrons. The van der Waals surface area contributed by atoms with E-state index in [1.165, 1.54) is 11.3 Å². The van der Waals surface area contributed by atoms with E-state index in [-0.39, 0.29) is 5.91 Å². The SMILES string of the molecule is Cc1cccc(C(=O)Nc2ncc(-c3ccccc3)s2)c1. The number of rotatable bonds is 3. The van der Waals surface area contributed by atoms with Crippen LogP contribution in [0.2, 0.25) is 0 Å². The Balaban J connectivity index is 1.77. The number of anilines is 1. The molecule has 0 bridgehead atoms. The Morgan fingerprint density at radius 2 is 1.90 bits per heavy atom. The lowest BCUT2D eigenvalue weighted by molar-refractivity contribution is 0.102. The maximum atomic E-state index is 12.2. The molecule has 0 aliphatic rings. The number of nitrogens with one attached hydrogen (secondary N) is 1. The molecule has 3 rings (SSSR count). The first-order chi connectivity index (χ1) is 10.2. The van der Waals surface area contributed by atoms with Crippen LogP contribution in [-0.2, 0) is 0 Å². The van der Waals surface area contributed by atoms with E-state index in [4.69, 9.17) is 0 Å². The first-order valence-corrected chi connectivity index (χ1v) is 7.43. The number of carbonyl (C=O) groups is 1. The van der Waals surface area contributed by atoms with E-state index in [1.807, 2.05) is 55.5 Å². The number of amides is 1.